The number of hydrogen-bond donors (Lipinski definition) is 8. The van der Waals surface area contributed by atoms with E-state index in [0.717, 1.165) is 0 Å². The van der Waals surface area contributed by atoms with Gasteiger partial charge in [0.25, 0.3) is 0 Å². The predicted octanol–water partition coefficient (Wildman–Crippen LogP) is -2.55. The molecule has 0 saturated heterocycles. The van der Waals surface area contributed by atoms with Gasteiger partial charge in [-0.2, -0.15) is 0 Å². The molecule has 0 aliphatic heterocycles. The maximum atomic E-state index is 12.5. The molecule has 0 aromatic heterocycles. The number of nitrogens with two attached hydrogens (primary N) is 3. The highest BCUT2D eigenvalue weighted by molar-refractivity contribution is 5.94. The number of rotatable bonds is 15. The van der Waals surface area contributed by atoms with Crippen molar-refractivity contribution in [1.29, 1.82) is 0 Å². The van der Waals surface area contributed by atoms with Crippen LogP contribution in [-0.4, -0.2) is 76.5 Å². The number of carboxylic acids is 2. The predicted molar refractivity (Wildman–Crippen MR) is 119 cm³/mol. The molecule has 0 heterocycles. The number of carbonyl (C=O) groups is 5. The number of aliphatic carboxylic acids is 2. The Hall–Kier alpha value is -3.42. The first-order valence-corrected chi connectivity index (χ1v) is 10.4. The number of hydrogen-bond acceptors (Lipinski definition) is 7. The average molecular weight is 474 g/mol. The van der Waals surface area contributed by atoms with E-state index in [2.05, 4.69) is 20.9 Å². The van der Waals surface area contributed by atoms with Gasteiger partial charge in [-0.3, -0.25) is 24.2 Å². The lowest BCUT2D eigenvalue weighted by Gasteiger charge is -2.24. The van der Waals surface area contributed by atoms with Gasteiger partial charge in [-0.05, 0) is 32.1 Å². The first-order valence-electron chi connectivity index (χ1n) is 10.4. The molecular formula is C19H35N7O7. The number of carboxylic acid groups (broad SMARTS) is 2. The van der Waals surface area contributed by atoms with Gasteiger partial charge < -0.3 is 43.4 Å². The van der Waals surface area contributed by atoms with Crippen molar-refractivity contribution in [2.75, 3.05) is 6.54 Å². The summed E-state index contributed by atoms with van der Waals surface area (Å²) in [4.78, 5) is 63.2. The zero-order valence-corrected chi connectivity index (χ0v) is 19.0. The quantitative estimate of drug-likeness (QED) is 0.0701. The number of amides is 3. The first kappa shape index (κ1) is 29.6. The monoisotopic (exact) mass is 473 g/mol. The lowest BCUT2D eigenvalue weighted by Crippen LogP contribution is -2.57. The fraction of sp³-hybridized carbons (Fsp3) is 0.684. The van der Waals surface area contributed by atoms with Gasteiger partial charge in [-0.15, -0.1) is 0 Å². The number of nitrogens with zero attached hydrogens (tertiary/aromatic N) is 1. The minimum atomic E-state index is -1.32. The molecule has 0 rings (SSSR count). The molecule has 0 aromatic carbocycles. The van der Waals surface area contributed by atoms with Crippen LogP contribution < -0.4 is 33.2 Å². The number of aliphatic imine (C=N–C) groups is 1. The van der Waals surface area contributed by atoms with Crippen molar-refractivity contribution in [2.24, 2.45) is 28.1 Å². The Morgan fingerprint density at radius 1 is 0.879 bits per heavy atom. The van der Waals surface area contributed by atoms with Crippen molar-refractivity contribution in [3.8, 4) is 0 Å². The Labute approximate surface area is 191 Å². The largest absolute Gasteiger partial charge is 0.481 e. The van der Waals surface area contributed by atoms with Crippen LogP contribution in [0.2, 0.25) is 0 Å². The van der Waals surface area contributed by atoms with E-state index in [9.17, 15) is 29.1 Å². The van der Waals surface area contributed by atoms with Gasteiger partial charge >= 0.3 is 11.9 Å². The lowest BCUT2D eigenvalue weighted by molar-refractivity contribution is -0.144. The highest BCUT2D eigenvalue weighted by Crippen LogP contribution is 2.05. The van der Waals surface area contributed by atoms with Crippen LogP contribution in [0.5, 0.6) is 0 Å². The third-order valence-electron chi connectivity index (χ3n) is 4.57. The topological polar surface area (TPSA) is 252 Å². The molecule has 4 atom stereocenters. The zero-order valence-electron chi connectivity index (χ0n) is 19.0. The van der Waals surface area contributed by atoms with Gasteiger partial charge in [-0.1, -0.05) is 13.8 Å². The normalized spacial score (nSPS) is 14.3. The fourth-order valence-electron chi connectivity index (χ4n) is 2.64. The molecule has 14 nitrogen and oxygen atoms in total. The number of nitrogens with one attached hydrogen (secondary N) is 3. The summed E-state index contributed by atoms with van der Waals surface area (Å²) in [5, 5.41) is 25.2. The Balaban J connectivity index is 5.03. The van der Waals surface area contributed by atoms with E-state index in [1.165, 1.54) is 6.92 Å². The summed E-state index contributed by atoms with van der Waals surface area (Å²) in [5.74, 6) is -5.22. The van der Waals surface area contributed by atoms with Crippen LogP contribution in [0.3, 0.4) is 0 Å². The summed E-state index contributed by atoms with van der Waals surface area (Å²) in [5.41, 5.74) is 16.2. The maximum Gasteiger partial charge on any atom is 0.326 e. The van der Waals surface area contributed by atoms with Gasteiger partial charge in [0.2, 0.25) is 17.7 Å². The molecule has 11 N–H and O–H groups in total. The van der Waals surface area contributed by atoms with E-state index in [1.807, 2.05) is 0 Å². The molecule has 4 unspecified atom stereocenters. The molecule has 0 radical (unpaired) electrons. The summed E-state index contributed by atoms with van der Waals surface area (Å²) < 4.78 is 0. The molecule has 0 fully saturated rings. The van der Waals surface area contributed by atoms with Crippen LogP contribution in [-0.2, 0) is 24.0 Å². The minimum absolute atomic E-state index is 0.0807. The second-order valence-electron chi connectivity index (χ2n) is 7.85. The van der Waals surface area contributed by atoms with Crippen LogP contribution >= 0.6 is 0 Å². The van der Waals surface area contributed by atoms with Crippen LogP contribution in [0.25, 0.3) is 0 Å². The summed E-state index contributed by atoms with van der Waals surface area (Å²) >= 11 is 0. The van der Waals surface area contributed by atoms with Gasteiger partial charge in [0, 0.05) is 13.0 Å². The smallest absolute Gasteiger partial charge is 0.326 e. The summed E-state index contributed by atoms with van der Waals surface area (Å²) in [6, 6.07) is -4.57. The van der Waals surface area contributed by atoms with Gasteiger partial charge in [0.1, 0.15) is 18.1 Å². The van der Waals surface area contributed by atoms with E-state index in [-0.39, 0.29) is 25.3 Å². The van der Waals surface area contributed by atoms with Crippen LogP contribution in [0, 0.1) is 5.92 Å². The molecule has 0 bridgehead atoms. The molecule has 14 heteroatoms. The third kappa shape index (κ3) is 12.3. The summed E-state index contributed by atoms with van der Waals surface area (Å²) in [6.07, 6.45) is -0.0288. The van der Waals surface area contributed by atoms with Crippen molar-refractivity contribution in [1.82, 2.24) is 16.0 Å². The van der Waals surface area contributed by atoms with E-state index < -0.39 is 66.2 Å². The van der Waals surface area contributed by atoms with Crippen molar-refractivity contribution in [2.45, 2.75) is 70.6 Å². The van der Waals surface area contributed by atoms with E-state index in [0.29, 0.717) is 6.42 Å². The molecular weight excluding hydrogens is 438 g/mol. The lowest BCUT2D eigenvalue weighted by atomic mass is 10.0. The Morgan fingerprint density at radius 2 is 1.48 bits per heavy atom. The fourth-order valence-corrected chi connectivity index (χ4v) is 2.64. The first-order chi connectivity index (χ1) is 15.3. The highest BCUT2D eigenvalue weighted by Gasteiger charge is 2.30. The third-order valence-corrected chi connectivity index (χ3v) is 4.57. The second kappa shape index (κ2) is 14.6. The van der Waals surface area contributed by atoms with Crippen molar-refractivity contribution in [3.63, 3.8) is 0 Å². The maximum absolute atomic E-state index is 12.5. The highest BCUT2D eigenvalue weighted by atomic mass is 16.4. The molecule has 3 amide bonds. The Bertz CT molecular complexity index is 738. The van der Waals surface area contributed by atoms with Crippen LogP contribution in [0.1, 0.15) is 46.5 Å². The minimum Gasteiger partial charge on any atom is -0.481 e. The van der Waals surface area contributed by atoms with E-state index in [1.54, 1.807) is 13.8 Å². The molecule has 33 heavy (non-hydrogen) atoms. The average Bonchev–Trinajstić information content (AvgIpc) is 2.70. The van der Waals surface area contributed by atoms with Crippen LogP contribution in [0.15, 0.2) is 4.99 Å². The molecule has 188 valence electrons. The summed E-state index contributed by atoms with van der Waals surface area (Å²) in [6.45, 7) is 4.82. The standard InChI is InChI=1S/C19H35N7O7/c1-9(2)14(18(32)33)26-17(31)12(6-7-13(27)28)25-15(29)10(3)24-16(30)11(20)5-4-8-23-19(21)22/h9-12,14H,4-8,20H2,1-3H3,(H,24,30)(H,25,29)(H,26,31)(H,27,28)(H,32,33)(H4,21,22,23). The Morgan fingerprint density at radius 3 is 1.97 bits per heavy atom. The van der Waals surface area contributed by atoms with Crippen molar-refractivity contribution < 1.29 is 34.2 Å². The van der Waals surface area contributed by atoms with Crippen molar-refractivity contribution >= 4 is 35.6 Å². The SMILES string of the molecule is CC(NC(=O)C(N)CCCN=C(N)N)C(=O)NC(CCC(=O)O)C(=O)NC(C(=O)O)C(C)C. The van der Waals surface area contributed by atoms with Gasteiger partial charge in [0.15, 0.2) is 5.96 Å². The van der Waals surface area contributed by atoms with E-state index >= 15 is 0 Å². The van der Waals surface area contributed by atoms with Crippen molar-refractivity contribution in [3.05, 3.63) is 0 Å². The van der Waals surface area contributed by atoms with E-state index in [4.69, 9.17) is 22.3 Å². The molecule has 0 aliphatic rings. The zero-order chi connectivity index (χ0) is 25.7. The summed E-state index contributed by atoms with van der Waals surface area (Å²) in [7, 11) is 0. The number of guanidine groups is 1. The molecule has 0 aromatic rings. The molecule has 0 aliphatic carbocycles. The number of carbonyl (C=O) groups excluding carboxylic acids is 3. The molecule has 0 spiro atoms. The van der Waals surface area contributed by atoms with Gasteiger partial charge in [-0.25, -0.2) is 4.79 Å². The molecule has 0 saturated carbocycles. The Kier molecular flexibility index (Phi) is 13.1. The van der Waals surface area contributed by atoms with Crippen LogP contribution in [0.4, 0.5) is 0 Å². The van der Waals surface area contributed by atoms with Gasteiger partial charge in [0.05, 0.1) is 6.04 Å². The second-order valence-corrected chi connectivity index (χ2v) is 7.85.